The van der Waals surface area contributed by atoms with Crippen molar-refractivity contribution in [3.8, 4) is 0 Å². The van der Waals surface area contributed by atoms with E-state index in [-0.39, 0.29) is 6.61 Å². The van der Waals surface area contributed by atoms with Gasteiger partial charge in [-0.1, -0.05) is 35.3 Å². The molecule has 1 atom stereocenters. The van der Waals surface area contributed by atoms with E-state index in [1.165, 1.54) is 0 Å². The summed E-state index contributed by atoms with van der Waals surface area (Å²) in [4.78, 5) is 11.0. The van der Waals surface area contributed by atoms with Crippen LogP contribution in [0.2, 0.25) is 10.0 Å². The Morgan fingerprint density at radius 2 is 2.20 bits per heavy atom. The van der Waals surface area contributed by atoms with Gasteiger partial charge in [0, 0.05) is 5.56 Å². The highest BCUT2D eigenvalue weighted by molar-refractivity contribution is 6.42. The van der Waals surface area contributed by atoms with Crippen LogP contribution in [0.15, 0.2) is 18.2 Å². The van der Waals surface area contributed by atoms with E-state index in [1.54, 1.807) is 12.1 Å². The van der Waals surface area contributed by atoms with E-state index in [1.807, 2.05) is 13.0 Å². The van der Waals surface area contributed by atoms with Gasteiger partial charge in [0.1, 0.15) is 12.1 Å². The Balaban J connectivity index is 2.45. The van der Waals surface area contributed by atoms with Crippen LogP contribution in [-0.4, -0.2) is 12.7 Å². The number of nitrogens with one attached hydrogen (secondary N) is 1. The van der Waals surface area contributed by atoms with Crippen LogP contribution in [-0.2, 0) is 10.3 Å². The van der Waals surface area contributed by atoms with Gasteiger partial charge in [0.15, 0.2) is 0 Å². The zero-order valence-corrected chi connectivity index (χ0v) is 9.52. The van der Waals surface area contributed by atoms with Crippen molar-refractivity contribution in [1.82, 2.24) is 5.32 Å². The van der Waals surface area contributed by atoms with E-state index >= 15 is 0 Å². The summed E-state index contributed by atoms with van der Waals surface area (Å²) < 4.78 is 4.87. The van der Waals surface area contributed by atoms with Gasteiger partial charge in [-0.15, -0.1) is 0 Å². The van der Waals surface area contributed by atoms with Crippen LogP contribution in [0.1, 0.15) is 12.5 Å². The van der Waals surface area contributed by atoms with Crippen LogP contribution in [0.5, 0.6) is 0 Å². The van der Waals surface area contributed by atoms with E-state index in [0.717, 1.165) is 5.56 Å². The van der Waals surface area contributed by atoms with Crippen LogP contribution < -0.4 is 5.32 Å². The molecule has 0 saturated carbocycles. The van der Waals surface area contributed by atoms with Gasteiger partial charge in [0.2, 0.25) is 0 Å². The smallest absolute Gasteiger partial charge is 0.408 e. The topological polar surface area (TPSA) is 38.3 Å². The molecule has 3 nitrogen and oxygen atoms in total. The van der Waals surface area contributed by atoms with Gasteiger partial charge in [-0.3, -0.25) is 0 Å². The SMILES string of the molecule is CC1(c2cccc(Cl)c2Cl)COC(=O)N1. The Hall–Kier alpha value is -0.930. The summed E-state index contributed by atoms with van der Waals surface area (Å²) in [5.74, 6) is 0. The monoisotopic (exact) mass is 245 g/mol. The van der Waals surface area contributed by atoms with Gasteiger partial charge < -0.3 is 10.1 Å². The third-order valence-corrected chi connectivity index (χ3v) is 3.23. The summed E-state index contributed by atoms with van der Waals surface area (Å²) in [6.07, 6.45) is -0.437. The maximum absolute atomic E-state index is 11.0. The average Bonchev–Trinajstić information content (AvgIpc) is 2.52. The van der Waals surface area contributed by atoms with Gasteiger partial charge in [-0.05, 0) is 13.0 Å². The number of benzene rings is 1. The third kappa shape index (κ3) is 1.77. The number of hydrogen-bond acceptors (Lipinski definition) is 2. The van der Waals surface area contributed by atoms with Crippen molar-refractivity contribution in [2.24, 2.45) is 0 Å². The summed E-state index contributed by atoms with van der Waals surface area (Å²) in [6, 6.07) is 5.32. The molecule has 80 valence electrons. The van der Waals surface area contributed by atoms with Gasteiger partial charge in [0.05, 0.1) is 10.0 Å². The average molecular weight is 246 g/mol. The first-order valence-electron chi connectivity index (χ1n) is 4.42. The fourth-order valence-electron chi connectivity index (χ4n) is 1.58. The summed E-state index contributed by atoms with van der Waals surface area (Å²) in [5.41, 5.74) is 0.168. The Bertz CT molecular complexity index is 422. The van der Waals surface area contributed by atoms with Crippen LogP contribution in [0.3, 0.4) is 0 Å². The quantitative estimate of drug-likeness (QED) is 0.827. The number of halogens is 2. The molecule has 0 bridgehead atoms. The van der Waals surface area contributed by atoms with Crippen LogP contribution in [0, 0.1) is 0 Å². The largest absolute Gasteiger partial charge is 0.447 e. The lowest BCUT2D eigenvalue weighted by molar-refractivity contribution is 0.173. The highest BCUT2D eigenvalue weighted by Crippen LogP contribution is 2.35. The lowest BCUT2D eigenvalue weighted by Crippen LogP contribution is -2.37. The predicted molar refractivity (Wildman–Crippen MR) is 58.3 cm³/mol. The minimum absolute atomic E-state index is 0.256. The molecule has 1 fully saturated rings. The first-order chi connectivity index (χ1) is 7.03. The molecule has 5 heteroatoms. The lowest BCUT2D eigenvalue weighted by atomic mass is 9.94. The summed E-state index contributed by atoms with van der Waals surface area (Å²) in [5, 5.41) is 3.63. The second-order valence-electron chi connectivity index (χ2n) is 3.63. The molecule has 1 N–H and O–H groups in total. The molecule has 2 rings (SSSR count). The summed E-state index contributed by atoms with van der Waals surface area (Å²) in [7, 11) is 0. The maximum Gasteiger partial charge on any atom is 0.408 e. The van der Waals surface area contributed by atoms with E-state index in [0.29, 0.717) is 10.0 Å². The predicted octanol–water partition coefficient (Wildman–Crippen LogP) is 2.95. The molecule has 1 aliphatic rings. The minimum atomic E-state index is -0.598. The second kappa shape index (κ2) is 3.58. The standard InChI is InChI=1S/C10H9Cl2NO2/c1-10(5-15-9(14)13-10)6-3-2-4-7(11)8(6)12/h2-4H,5H2,1H3,(H,13,14). The van der Waals surface area contributed by atoms with E-state index in [9.17, 15) is 4.79 Å². The van der Waals surface area contributed by atoms with E-state index in [2.05, 4.69) is 5.32 Å². The molecule has 0 spiro atoms. The van der Waals surface area contributed by atoms with Crippen LogP contribution >= 0.6 is 23.2 Å². The number of amides is 1. The van der Waals surface area contributed by atoms with E-state index < -0.39 is 11.6 Å². The lowest BCUT2D eigenvalue weighted by Gasteiger charge is -2.23. The minimum Gasteiger partial charge on any atom is -0.447 e. The highest BCUT2D eigenvalue weighted by Gasteiger charge is 2.38. The van der Waals surface area contributed by atoms with Crippen molar-refractivity contribution >= 4 is 29.3 Å². The molecule has 1 amide bonds. The molecule has 0 radical (unpaired) electrons. The maximum atomic E-state index is 11.0. The van der Waals surface area contributed by atoms with E-state index in [4.69, 9.17) is 27.9 Å². The molecular weight excluding hydrogens is 237 g/mol. The Morgan fingerprint density at radius 1 is 1.47 bits per heavy atom. The molecule has 1 heterocycles. The van der Waals surface area contributed by atoms with Gasteiger partial charge in [-0.25, -0.2) is 4.79 Å². The molecule has 1 aromatic carbocycles. The molecule has 15 heavy (non-hydrogen) atoms. The molecule has 0 aliphatic carbocycles. The number of cyclic esters (lactones) is 1. The molecule has 1 aliphatic heterocycles. The highest BCUT2D eigenvalue weighted by atomic mass is 35.5. The van der Waals surface area contributed by atoms with Crippen molar-refractivity contribution < 1.29 is 9.53 Å². The van der Waals surface area contributed by atoms with Crippen LogP contribution in [0.25, 0.3) is 0 Å². The fourth-order valence-corrected chi connectivity index (χ4v) is 2.09. The number of hydrogen-bond donors (Lipinski definition) is 1. The Labute approximate surface area is 97.3 Å². The van der Waals surface area contributed by atoms with Gasteiger partial charge >= 0.3 is 6.09 Å². The first kappa shape index (κ1) is 10.6. The van der Waals surface area contributed by atoms with Crippen molar-refractivity contribution in [3.05, 3.63) is 33.8 Å². The molecule has 0 aromatic heterocycles. The van der Waals surface area contributed by atoms with Gasteiger partial charge in [-0.2, -0.15) is 0 Å². The number of rotatable bonds is 1. The summed E-state index contributed by atoms with van der Waals surface area (Å²) in [6.45, 7) is 2.10. The Morgan fingerprint density at radius 3 is 2.80 bits per heavy atom. The second-order valence-corrected chi connectivity index (χ2v) is 4.42. The first-order valence-corrected chi connectivity index (χ1v) is 5.18. The number of ether oxygens (including phenoxy) is 1. The third-order valence-electron chi connectivity index (χ3n) is 2.42. The van der Waals surface area contributed by atoms with Crippen molar-refractivity contribution in [2.45, 2.75) is 12.5 Å². The molecular formula is C10H9Cl2NO2. The zero-order valence-electron chi connectivity index (χ0n) is 8.01. The van der Waals surface area contributed by atoms with Gasteiger partial charge in [0.25, 0.3) is 0 Å². The molecule has 1 unspecified atom stereocenters. The van der Waals surface area contributed by atoms with Crippen LogP contribution in [0.4, 0.5) is 4.79 Å². The van der Waals surface area contributed by atoms with Crippen molar-refractivity contribution in [3.63, 3.8) is 0 Å². The van der Waals surface area contributed by atoms with Crippen molar-refractivity contribution in [1.29, 1.82) is 0 Å². The van der Waals surface area contributed by atoms with Crippen molar-refractivity contribution in [2.75, 3.05) is 6.61 Å². The zero-order chi connectivity index (χ0) is 11.1. The molecule has 1 saturated heterocycles. The summed E-state index contributed by atoms with van der Waals surface area (Å²) >= 11 is 12.0. The number of carbonyl (C=O) groups is 1. The number of alkyl carbamates (subject to hydrolysis) is 1. The molecule has 1 aromatic rings. The number of carbonyl (C=O) groups excluding carboxylic acids is 1. The Kier molecular flexibility index (Phi) is 2.52. The normalized spacial score (nSPS) is 24.9. The fraction of sp³-hybridized carbons (Fsp3) is 0.300.